The van der Waals surface area contributed by atoms with Crippen molar-refractivity contribution in [2.75, 3.05) is 20.0 Å². The first-order valence-corrected chi connectivity index (χ1v) is 9.84. The second kappa shape index (κ2) is 11.3. The molecule has 7 heteroatoms. The Labute approximate surface area is 162 Å². The minimum Gasteiger partial charge on any atom is -0.491 e. The van der Waals surface area contributed by atoms with Gasteiger partial charge in [0.2, 0.25) is 0 Å². The molecule has 2 rings (SSSR count). The first-order chi connectivity index (χ1) is 13.5. The highest BCUT2D eigenvalue weighted by Gasteiger charge is 2.43. The lowest BCUT2D eigenvalue weighted by molar-refractivity contribution is -0.228. The number of allylic oxidation sites excluding steroid dienone is 1. The number of hydrogen-bond donors (Lipinski definition) is 0. The number of hydrogen-bond acceptors (Lipinski definition) is 2. The van der Waals surface area contributed by atoms with Gasteiger partial charge in [-0.25, -0.2) is 4.39 Å². The average Bonchev–Trinajstić information content (AvgIpc) is 2.64. The highest BCUT2D eigenvalue weighted by molar-refractivity contribution is 5.60. The lowest BCUT2D eigenvalue weighted by atomic mass is 10.0. The fourth-order valence-electron chi connectivity index (χ4n) is 3.12. The van der Waals surface area contributed by atoms with E-state index in [1.54, 1.807) is 0 Å². The Bertz CT molecular complexity index is 646. The quantitative estimate of drug-likeness (QED) is 0.257. The van der Waals surface area contributed by atoms with Crippen molar-refractivity contribution in [2.24, 2.45) is 0 Å². The molecule has 0 aliphatic carbocycles. The van der Waals surface area contributed by atoms with Crippen molar-refractivity contribution in [3.63, 3.8) is 0 Å². The van der Waals surface area contributed by atoms with E-state index in [-0.39, 0.29) is 43.2 Å². The van der Waals surface area contributed by atoms with Crippen LogP contribution in [0.15, 0.2) is 17.9 Å². The van der Waals surface area contributed by atoms with Crippen molar-refractivity contribution < 1.29 is 31.4 Å². The van der Waals surface area contributed by atoms with E-state index in [2.05, 4.69) is 4.74 Å². The van der Waals surface area contributed by atoms with Crippen LogP contribution in [-0.2, 0) is 10.8 Å². The molecule has 0 radical (unpaired) electrons. The second-order valence-electron chi connectivity index (χ2n) is 6.88. The van der Waals surface area contributed by atoms with E-state index in [0.29, 0.717) is 19.3 Å². The van der Waals surface area contributed by atoms with Crippen molar-refractivity contribution in [3.05, 3.63) is 34.8 Å². The summed E-state index contributed by atoms with van der Waals surface area (Å²) in [5.74, 6) is -1.33. The highest BCUT2D eigenvalue weighted by atomic mass is 19.3. The lowest BCUT2D eigenvalue weighted by Crippen LogP contribution is -2.24. The van der Waals surface area contributed by atoms with Crippen LogP contribution in [0.25, 0.3) is 6.08 Å². The molecule has 0 amide bonds. The minimum absolute atomic E-state index is 0.0202. The van der Waals surface area contributed by atoms with Gasteiger partial charge in [0.15, 0.2) is 11.6 Å². The van der Waals surface area contributed by atoms with Gasteiger partial charge in [-0.2, -0.15) is 8.78 Å². The molecular formula is C21H27F5O2. The minimum atomic E-state index is -3.80. The van der Waals surface area contributed by atoms with Gasteiger partial charge in [-0.1, -0.05) is 31.7 Å². The van der Waals surface area contributed by atoms with Crippen LogP contribution in [0.2, 0.25) is 0 Å². The van der Waals surface area contributed by atoms with E-state index < -0.39 is 24.2 Å². The molecule has 1 aliphatic heterocycles. The smallest absolute Gasteiger partial charge is 0.430 e. The van der Waals surface area contributed by atoms with Crippen molar-refractivity contribution >= 4 is 6.08 Å². The van der Waals surface area contributed by atoms with Crippen LogP contribution in [-0.4, -0.2) is 20.0 Å². The summed E-state index contributed by atoms with van der Waals surface area (Å²) in [5.41, 5.74) is -0.783. The molecule has 1 aromatic rings. The molecule has 0 N–H and O–H groups in total. The molecule has 0 spiro atoms. The van der Waals surface area contributed by atoms with Gasteiger partial charge < -0.3 is 9.47 Å². The summed E-state index contributed by atoms with van der Waals surface area (Å²) in [4.78, 5) is 0. The molecule has 0 fully saturated rings. The molecule has 0 unspecified atom stereocenters. The zero-order valence-corrected chi connectivity index (χ0v) is 15.9. The molecule has 1 aromatic carbocycles. The maximum Gasteiger partial charge on any atom is 0.430 e. The Kier molecular flexibility index (Phi) is 9.06. The normalized spacial score (nSPS) is 15.0. The first kappa shape index (κ1) is 22.5. The summed E-state index contributed by atoms with van der Waals surface area (Å²) in [7, 11) is 0. The number of ether oxygens (including phenoxy) is 2. The summed E-state index contributed by atoms with van der Waals surface area (Å²) in [5, 5.41) is 0. The summed E-state index contributed by atoms with van der Waals surface area (Å²) in [6, 6.07) is 2.72. The summed E-state index contributed by atoms with van der Waals surface area (Å²) in [6.07, 6.45) is 3.17. The van der Waals surface area contributed by atoms with Crippen molar-refractivity contribution in [1.29, 1.82) is 0 Å². The zero-order chi connectivity index (χ0) is 20.4. The summed E-state index contributed by atoms with van der Waals surface area (Å²) in [6.45, 7) is -0.605. The number of rotatable bonds is 13. The number of fused-ring (bicyclic) bond motifs is 1. The molecule has 0 saturated heterocycles. The van der Waals surface area contributed by atoms with E-state index in [0.717, 1.165) is 25.7 Å². The van der Waals surface area contributed by atoms with Gasteiger partial charge in [0.1, 0.15) is 11.3 Å². The lowest BCUT2D eigenvalue weighted by Gasteiger charge is -2.27. The van der Waals surface area contributed by atoms with Crippen LogP contribution in [0.1, 0.15) is 68.9 Å². The molecule has 0 aromatic heterocycles. The predicted octanol–water partition coefficient (Wildman–Crippen LogP) is 7.07. The number of benzene rings is 1. The highest BCUT2D eigenvalue weighted by Crippen LogP contribution is 2.43. The Morgan fingerprint density at radius 3 is 2.21 bits per heavy atom. The van der Waals surface area contributed by atoms with Crippen LogP contribution >= 0.6 is 0 Å². The van der Waals surface area contributed by atoms with E-state index in [4.69, 9.17) is 4.74 Å². The Morgan fingerprint density at radius 1 is 0.857 bits per heavy atom. The van der Waals surface area contributed by atoms with E-state index in [1.807, 2.05) is 0 Å². The van der Waals surface area contributed by atoms with E-state index >= 15 is 0 Å². The summed E-state index contributed by atoms with van der Waals surface area (Å²) < 4.78 is 77.4. The second-order valence-corrected chi connectivity index (χ2v) is 6.88. The van der Waals surface area contributed by atoms with Gasteiger partial charge in [-0.3, -0.25) is 8.78 Å². The Morgan fingerprint density at radius 2 is 1.50 bits per heavy atom. The standard InChI is InChI=1S/C21H27F5O2/c22-12-6-3-1-2-4-8-14-27-18-11-10-16-15-17(9-5-7-13-23)28-21(25,26)19(16)20(18)24/h10-11,15H,1-9,12-14H2. The number of unbranched alkanes of at least 4 members (excludes halogenated alkanes) is 6. The summed E-state index contributed by atoms with van der Waals surface area (Å²) >= 11 is 0. The van der Waals surface area contributed by atoms with Crippen LogP contribution in [0.4, 0.5) is 22.0 Å². The Hall–Kier alpha value is -1.79. The predicted molar refractivity (Wildman–Crippen MR) is 98.4 cm³/mol. The third-order valence-corrected chi connectivity index (χ3v) is 4.60. The number of halogens is 5. The number of alkyl halides is 4. The van der Waals surface area contributed by atoms with Crippen molar-refractivity contribution in [2.45, 2.75) is 63.9 Å². The van der Waals surface area contributed by atoms with Crippen LogP contribution in [0, 0.1) is 5.82 Å². The van der Waals surface area contributed by atoms with Crippen LogP contribution < -0.4 is 4.74 Å². The molecule has 0 atom stereocenters. The SMILES string of the molecule is FCCCCCCCCOc1ccc2c(c1F)C(F)(F)OC(CCCCF)=C2. The first-order valence-electron chi connectivity index (χ1n) is 9.84. The molecule has 1 heterocycles. The molecule has 28 heavy (non-hydrogen) atoms. The third-order valence-electron chi connectivity index (χ3n) is 4.60. The third kappa shape index (κ3) is 6.38. The molecule has 0 saturated carbocycles. The van der Waals surface area contributed by atoms with Crippen molar-refractivity contribution in [3.8, 4) is 5.75 Å². The van der Waals surface area contributed by atoms with Gasteiger partial charge in [0.25, 0.3) is 0 Å². The average molecular weight is 406 g/mol. The maximum absolute atomic E-state index is 14.6. The molecular weight excluding hydrogens is 379 g/mol. The van der Waals surface area contributed by atoms with E-state index in [9.17, 15) is 22.0 Å². The van der Waals surface area contributed by atoms with Gasteiger partial charge in [0, 0.05) is 6.42 Å². The van der Waals surface area contributed by atoms with Gasteiger partial charge in [-0.05, 0) is 43.4 Å². The monoisotopic (exact) mass is 406 g/mol. The largest absolute Gasteiger partial charge is 0.491 e. The molecule has 1 aliphatic rings. The molecule has 2 nitrogen and oxygen atoms in total. The van der Waals surface area contributed by atoms with Crippen LogP contribution in [0.5, 0.6) is 5.75 Å². The van der Waals surface area contributed by atoms with Gasteiger partial charge in [-0.15, -0.1) is 0 Å². The van der Waals surface area contributed by atoms with Gasteiger partial charge >= 0.3 is 6.11 Å². The van der Waals surface area contributed by atoms with Gasteiger partial charge in [0.05, 0.1) is 20.0 Å². The molecule has 158 valence electrons. The zero-order valence-electron chi connectivity index (χ0n) is 15.9. The van der Waals surface area contributed by atoms with Crippen molar-refractivity contribution in [1.82, 2.24) is 0 Å². The fraction of sp³-hybridized carbons (Fsp3) is 0.619. The topological polar surface area (TPSA) is 18.5 Å². The van der Waals surface area contributed by atoms with E-state index in [1.165, 1.54) is 18.2 Å². The maximum atomic E-state index is 14.6. The Balaban J connectivity index is 1.94. The fourth-order valence-corrected chi connectivity index (χ4v) is 3.12. The molecule has 0 bridgehead atoms. The van der Waals surface area contributed by atoms with Crippen LogP contribution in [0.3, 0.4) is 0 Å².